The molecule has 0 fully saturated rings. The van der Waals surface area contributed by atoms with E-state index in [9.17, 15) is 10.1 Å². The highest BCUT2D eigenvalue weighted by Crippen LogP contribution is 2.12. The van der Waals surface area contributed by atoms with E-state index in [2.05, 4.69) is 16.8 Å². The van der Waals surface area contributed by atoms with Gasteiger partial charge in [-0.2, -0.15) is 0 Å². The Morgan fingerprint density at radius 2 is 2.25 bits per heavy atom. The second kappa shape index (κ2) is 4.55. The highest BCUT2D eigenvalue weighted by atomic mass is 32.1. The van der Waals surface area contributed by atoms with Gasteiger partial charge in [-0.25, -0.2) is 4.98 Å². The second-order valence-corrected chi connectivity index (χ2v) is 3.79. The molecule has 0 spiro atoms. The van der Waals surface area contributed by atoms with Gasteiger partial charge in [0.25, 0.3) is 5.69 Å². The van der Waals surface area contributed by atoms with Crippen molar-refractivity contribution in [3.63, 3.8) is 0 Å². The van der Waals surface area contributed by atoms with Gasteiger partial charge in [-0.15, -0.1) is 11.3 Å². The van der Waals surface area contributed by atoms with Gasteiger partial charge in [0.15, 0.2) is 5.01 Å². The summed E-state index contributed by atoms with van der Waals surface area (Å²) in [6.07, 6.45) is 1.67. The van der Waals surface area contributed by atoms with E-state index in [1.54, 1.807) is 18.3 Å². The topological polar surface area (TPSA) is 56.0 Å². The molecule has 0 radical (unpaired) electrons. The lowest BCUT2D eigenvalue weighted by Crippen LogP contribution is -1.87. The quantitative estimate of drug-likeness (QED) is 0.429. The van der Waals surface area contributed by atoms with Crippen molar-refractivity contribution in [2.24, 2.45) is 0 Å². The molecule has 2 aromatic rings. The van der Waals surface area contributed by atoms with Crippen LogP contribution in [-0.4, -0.2) is 9.91 Å². The molecule has 16 heavy (non-hydrogen) atoms. The van der Waals surface area contributed by atoms with Crippen molar-refractivity contribution in [3.05, 3.63) is 56.5 Å². The molecule has 0 bridgehead atoms. The molecule has 0 N–H and O–H groups in total. The average Bonchev–Trinajstić information content (AvgIpc) is 2.79. The summed E-state index contributed by atoms with van der Waals surface area (Å²) in [5.74, 6) is 5.68. The van der Waals surface area contributed by atoms with Gasteiger partial charge in [0, 0.05) is 29.3 Å². The van der Waals surface area contributed by atoms with Crippen molar-refractivity contribution in [3.8, 4) is 11.8 Å². The maximum absolute atomic E-state index is 10.5. The van der Waals surface area contributed by atoms with E-state index in [-0.39, 0.29) is 5.69 Å². The molecule has 4 nitrogen and oxygen atoms in total. The van der Waals surface area contributed by atoms with E-state index in [0.29, 0.717) is 10.6 Å². The van der Waals surface area contributed by atoms with Crippen LogP contribution in [0.2, 0.25) is 0 Å². The average molecular weight is 230 g/mol. The van der Waals surface area contributed by atoms with Crippen LogP contribution < -0.4 is 0 Å². The maximum Gasteiger partial charge on any atom is 0.270 e. The molecule has 0 amide bonds. The zero-order valence-electron chi connectivity index (χ0n) is 8.08. The molecule has 2 rings (SSSR count). The van der Waals surface area contributed by atoms with Gasteiger partial charge in [-0.1, -0.05) is 12.0 Å². The van der Waals surface area contributed by atoms with Crippen molar-refractivity contribution < 1.29 is 4.92 Å². The molecular formula is C11H6N2O2S. The number of hydrogen-bond acceptors (Lipinski definition) is 4. The largest absolute Gasteiger partial charge is 0.270 e. The van der Waals surface area contributed by atoms with Crippen LogP contribution in [0, 0.1) is 22.0 Å². The third kappa shape index (κ3) is 2.43. The molecule has 1 heterocycles. The van der Waals surface area contributed by atoms with Crippen molar-refractivity contribution in [2.45, 2.75) is 0 Å². The number of nitrogens with zero attached hydrogens (tertiary/aromatic N) is 2. The van der Waals surface area contributed by atoms with Crippen LogP contribution in [0.15, 0.2) is 35.8 Å². The molecule has 1 aromatic heterocycles. The fourth-order valence-electron chi connectivity index (χ4n) is 1.11. The van der Waals surface area contributed by atoms with Crippen LogP contribution in [0.25, 0.3) is 0 Å². The molecule has 0 aliphatic rings. The number of nitro benzene ring substituents is 1. The van der Waals surface area contributed by atoms with Gasteiger partial charge in [-0.3, -0.25) is 10.1 Å². The minimum atomic E-state index is -0.436. The van der Waals surface area contributed by atoms with E-state index in [1.807, 2.05) is 5.38 Å². The first-order chi connectivity index (χ1) is 7.75. The fraction of sp³-hybridized carbons (Fsp3) is 0. The fourth-order valence-corrected chi connectivity index (χ4v) is 1.59. The van der Waals surface area contributed by atoms with Crippen molar-refractivity contribution >= 4 is 17.0 Å². The number of rotatable bonds is 1. The lowest BCUT2D eigenvalue weighted by Gasteiger charge is -1.91. The van der Waals surface area contributed by atoms with Gasteiger partial charge in [0.2, 0.25) is 0 Å². The summed E-state index contributed by atoms with van der Waals surface area (Å²) < 4.78 is 0. The summed E-state index contributed by atoms with van der Waals surface area (Å²) in [7, 11) is 0. The predicted molar refractivity (Wildman–Crippen MR) is 61.2 cm³/mol. The predicted octanol–water partition coefficient (Wildman–Crippen LogP) is 2.45. The van der Waals surface area contributed by atoms with E-state index in [0.717, 1.165) is 0 Å². The minimum Gasteiger partial charge on any atom is -0.258 e. The summed E-state index contributed by atoms with van der Waals surface area (Å²) in [6.45, 7) is 0. The summed E-state index contributed by atoms with van der Waals surface area (Å²) in [5.41, 5.74) is 0.662. The van der Waals surface area contributed by atoms with Crippen molar-refractivity contribution in [1.82, 2.24) is 4.98 Å². The Kier molecular flexibility index (Phi) is 2.94. The number of hydrogen-bond donors (Lipinski definition) is 0. The molecule has 0 aliphatic heterocycles. The molecule has 0 atom stereocenters. The zero-order valence-corrected chi connectivity index (χ0v) is 8.90. The Morgan fingerprint density at radius 1 is 1.38 bits per heavy atom. The number of nitro groups is 1. The van der Waals surface area contributed by atoms with Crippen LogP contribution in [0.5, 0.6) is 0 Å². The van der Waals surface area contributed by atoms with Gasteiger partial charge in [0.05, 0.1) is 4.92 Å². The molecule has 0 unspecified atom stereocenters. The van der Waals surface area contributed by atoms with Gasteiger partial charge in [0.1, 0.15) is 0 Å². The first-order valence-electron chi connectivity index (χ1n) is 4.42. The minimum absolute atomic E-state index is 0.0472. The molecule has 0 saturated carbocycles. The Morgan fingerprint density at radius 3 is 2.94 bits per heavy atom. The zero-order chi connectivity index (χ0) is 11.4. The molecule has 1 aromatic carbocycles. The molecule has 78 valence electrons. The molecule has 0 saturated heterocycles. The van der Waals surface area contributed by atoms with E-state index in [4.69, 9.17) is 0 Å². The maximum atomic E-state index is 10.5. The molecule has 0 aliphatic carbocycles. The number of benzene rings is 1. The van der Waals surface area contributed by atoms with Crippen LogP contribution in [0.1, 0.15) is 10.6 Å². The van der Waals surface area contributed by atoms with Crippen molar-refractivity contribution in [1.29, 1.82) is 0 Å². The van der Waals surface area contributed by atoms with E-state index in [1.165, 1.54) is 23.5 Å². The number of non-ortho nitro benzene ring substituents is 1. The van der Waals surface area contributed by atoms with Crippen LogP contribution in [0.4, 0.5) is 5.69 Å². The summed E-state index contributed by atoms with van der Waals surface area (Å²) in [4.78, 5) is 14.1. The second-order valence-electron chi connectivity index (χ2n) is 2.89. The normalized spacial score (nSPS) is 9.25. The smallest absolute Gasteiger partial charge is 0.258 e. The first kappa shape index (κ1) is 10.3. The third-order valence-electron chi connectivity index (χ3n) is 1.80. The number of aromatic nitrogens is 1. The first-order valence-corrected chi connectivity index (χ1v) is 5.29. The van der Waals surface area contributed by atoms with Crippen molar-refractivity contribution in [2.75, 3.05) is 0 Å². The Balaban J connectivity index is 2.28. The Labute approximate surface area is 95.7 Å². The van der Waals surface area contributed by atoms with Gasteiger partial charge < -0.3 is 0 Å². The third-order valence-corrected chi connectivity index (χ3v) is 2.49. The van der Waals surface area contributed by atoms with E-state index >= 15 is 0 Å². The molecular weight excluding hydrogens is 224 g/mol. The Hall–Kier alpha value is -2.19. The summed E-state index contributed by atoms with van der Waals surface area (Å²) in [6, 6.07) is 6.23. The lowest BCUT2D eigenvalue weighted by molar-refractivity contribution is -0.384. The SMILES string of the molecule is O=[N+]([O-])c1cccc(C#Cc2nccs2)c1. The monoisotopic (exact) mass is 230 g/mol. The Bertz CT molecular complexity index is 567. The van der Waals surface area contributed by atoms with Crippen LogP contribution in [-0.2, 0) is 0 Å². The standard InChI is InChI=1S/C11H6N2O2S/c14-13(15)10-3-1-2-9(8-10)4-5-11-12-6-7-16-11/h1-3,6-8H. The molecule has 5 heteroatoms. The van der Waals surface area contributed by atoms with Gasteiger partial charge >= 0.3 is 0 Å². The lowest BCUT2D eigenvalue weighted by atomic mass is 10.2. The number of thiazole rings is 1. The van der Waals surface area contributed by atoms with Crippen LogP contribution >= 0.6 is 11.3 Å². The highest BCUT2D eigenvalue weighted by molar-refractivity contribution is 7.10. The summed E-state index contributed by atoms with van der Waals surface area (Å²) in [5, 5.41) is 13.1. The van der Waals surface area contributed by atoms with Crippen LogP contribution in [0.3, 0.4) is 0 Å². The highest BCUT2D eigenvalue weighted by Gasteiger charge is 2.03. The van der Waals surface area contributed by atoms with E-state index < -0.39 is 4.92 Å². The van der Waals surface area contributed by atoms with Gasteiger partial charge in [-0.05, 0) is 12.0 Å². The summed E-state index contributed by atoms with van der Waals surface area (Å²) >= 11 is 1.43.